The highest BCUT2D eigenvalue weighted by molar-refractivity contribution is 5.39. The van der Waals surface area contributed by atoms with Gasteiger partial charge >= 0.3 is 0 Å². The van der Waals surface area contributed by atoms with Crippen LogP contribution in [-0.4, -0.2) is 6.61 Å². The van der Waals surface area contributed by atoms with Crippen molar-refractivity contribution in [1.82, 2.24) is 0 Å². The van der Waals surface area contributed by atoms with Gasteiger partial charge in [-0.3, -0.25) is 0 Å². The molecule has 0 aliphatic heterocycles. The molecule has 17 heavy (non-hydrogen) atoms. The molecule has 0 aliphatic carbocycles. The molecule has 1 aromatic rings. The largest absolute Gasteiger partial charge is 0.494 e. The molecule has 92 valence electrons. The first-order chi connectivity index (χ1) is 8.19. The van der Waals surface area contributed by atoms with Gasteiger partial charge in [-0.15, -0.1) is 0 Å². The second kappa shape index (κ2) is 6.96. The van der Waals surface area contributed by atoms with Crippen LogP contribution in [0.5, 0.6) is 5.75 Å². The molecule has 1 rings (SSSR count). The molecular formula is C15H21NO. The Balaban J connectivity index is 2.82. The van der Waals surface area contributed by atoms with E-state index in [0.717, 1.165) is 18.6 Å². The first-order valence-corrected chi connectivity index (χ1v) is 6.31. The van der Waals surface area contributed by atoms with E-state index in [1.165, 1.54) is 11.1 Å². The molecule has 0 aliphatic rings. The number of hydrogen-bond donors (Lipinski definition) is 0. The van der Waals surface area contributed by atoms with Crippen LogP contribution in [0.4, 0.5) is 0 Å². The van der Waals surface area contributed by atoms with Crippen molar-refractivity contribution in [3.8, 4) is 11.8 Å². The zero-order valence-electron chi connectivity index (χ0n) is 11.0. The van der Waals surface area contributed by atoms with E-state index in [4.69, 9.17) is 10.00 Å². The van der Waals surface area contributed by atoms with Crippen molar-refractivity contribution in [1.29, 1.82) is 5.26 Å². The molecule has 0 atom stereocenters. The third-order valence-corrected chi connectivity index (χ3v) is 2.75. The fraction of sp³-hybridized carbons (Fsp3) is 0.533. The second-order valence-corrected chi connectivity index (χ2v) is 4.47. The second-order valence-electron chi connectivity index (χ2n) is 4.47. The van der Waals surface area contributed by atoms with E-state index < -0.39 is 0 Å². The number of benzene rings is 1. The van der Waals surface area contributed by atoms with Crippen LogP contribution in [0, 0.1) is 11.3 Å². The molecule has 0 unspecified atom stereocenters. The summed E-state index contributed by atoms with van der Waals surface area (Å²) in [5.41, 5.74) is 2.56. The maximum absolute atomic E-state index is 8.53. The van der Waals surface area contributed by atoms with Crippen LogP contribution < -0.4 is 4.74 Å². The molecule has 0 amide bonds. The average Bonchev–Trinajstić information content (AvgIpc) is 2.31. The number of aryl methyl sites for hydroxylation is 1. The zero-order chi connectivity index (χ0) is 12.7. The molecular weight excluding hydrogens is 210 g/mol. The van der Waals surface area contributed by atoms with E-state index in [0.29, 0.717) is 18.9 Å². The van der Waals surface area contributed by atoms with Crippen LogP contribution in [0.15, 0.2) is 18.2 Å². The van der Waals surface area contributed by atoms with Gasteiger partial charge in [0.15, 0.2) is 0 Å². The van der Waals surface area contributed by atoms with Gasteiger partial charge in [-0.2, -0.15) is 5.26 Å². The lowest BCUT2D eigenvalue weighted by Crippen LogP contribution is -1.99. The molecule has 0 saturated carbocycles. The minimum absolute atomic E-state index is 0.465. The summed E-state index contributed by atoms with van der Waals surface area (Å²) in [6.07, 6.45) is 2.53. The predicted molar refractivity (Wildman–Crippen MR) is 70.3 cm³/mol. The van der Waals surface area contributed by atoms with Gasteiger partial charge in [0, 0.05) is 6.42 Å². The van der Waals surface area contributed by atoms with Crippen LogP contribution in [0.25, 0.3) is 0 Å². The van der Waals surface area contributed by atoms with Gasteiger partial charge in [0.05, 0.1) is 12.7 Å². The van der Waals surface area contributed by atoms with E-state index in [1.54, 1.807) is 0 Å². The van der Waals surface area contributed by atoms with Gasteiger partial charge < -0.3 is 4.74 Å². The number of unbranched alkanes of at least 4 members (excludes halogenated alkanes) is 1. The van der Waals surface area contributed by atoms with E-state index in [1.807, 2.05) is 6.92 Å². The fourth-order valence-electron chi connectivity index (χ4n) is 1.86. The van der Waals surface area contributed by atoms with Gasteiger partial charge in [0.2, 0.25) is 0 Å². The Morgan fingerprint density at radius 3 is 2.71 bits per heavy atom. The van der Waals surface area contributed by atoms with Gasteiger partial charge in [-0.25, -0.2) is 0 Å². The Kier molecular flexibility index (Phi) is 5.56. The highest BCUT2D eigenvalue weighted by atomic mass is 16.5. The van der Waals surface area contributed by atoms with Crippen LogP contribution in [0.2, 0.25) is 0 Å². The first kappa shape index (κ1) is 13.6. The van der Waals surface area contributed by atoms with Crippen molar-refractivity contribution < 1.29 is 4.74 Å². The fourth-order valence-corrected chi connectivity index (χ4v) is 1.86. The van der Waals surface area contributed by atoms with Crippen molar-refractivity contribution in [2.24, 2.45) is 0 Å². The minimum Gasteiger partial charge on any atom is -0.494 e. The van der Waals surface area contributed by atoms with Gasteiger partial charge in [-0.05, 0) is 42.9 Å². The number of rotatable bonds is 6. The predicted octanol–water partition coefficient (Wildman–Crippen LogP) is 4.05. The average molecular weight is 231 g/mol. The Morgan fingerprint density at radius 1 is 1.35 bits per heavy atom. The summed E-state index contributed by atoms with van der Waals surface area (Å²) >= 11 is 0. The van der Waals surface area contributed by atoms with Gasteiger partial charge in [0.1, 0.15) is 5.75 Å². The Labute approximate surface area is 104 Å². The molecule has 0 radical (unpaired) electrons. The van der Waals surface area contributed by atoms with Gasteiger partial charge in [0.25, 0.3) is 0 Å². The normalized spacial score (nSPS) is 10.3. The van der Waals surface area contributed by atoms with Crippen molar-refractivity contribution >= 4 is 0 Å². The monoisotopic (exact) mass is 231 g/mol. The highest BCUT2D eigenvalue weighted by Crippen LogP contribution is 2.28. The molecule has 0 fully saturated rings. The summed E-state index contributed by atoms with van der Waals surface area (Å²) in [5, 5.41) is 8.53. The SMILES string of the molecule is CCOc1ccc(CCCC#N)cc1C(C)C. The van der Waals surface area contributed by atoms with E-state index in [2.05, 4.69) is 38.1 Å². The zero-order valence-corrected chi connectivity index (χ0v) is 11.0. The van der Waals surface area contributed by atoms with E-state index >= 15 is 0 Å². The van der Waals surface area contributed by atoms with Crippen molar-refractivity contribution in [3.05, 3.63) is 29.3 Å². The number of hydrogen-bond acceptors (Lipinski definition) is 2. The topological polar surface area (TPSA) is 33.0 Å². The summed E-state index contributed by atoms with van der Waals surface area (Å²) in [6, 6.07) is 8.56. The minimum atomic E-state index is 0.465. The molecule has 0 N–H and O–H groups in total. The Hall–Kier alpha value is -1.49. The molecule has 2 heteroatoms. The quantitative estimate of drug-likeness (QED) is 0.692. The summed E-state index contributed by atoms with van der Waals surface area (Å²) in [7, 11) is 0. The summed E-state index contributed by atoms with van der Waals surface area (Å²) in [5.74, 6) is 1.46. The molecule has 0 saturated heterocycles. The number of nitrogens with zero attached hydrogens (tertiary/aromatic N) is 1. The van der Waals surface area contributed by atoms with Crippen LogP contribution >= 0.6 is 0 Å². The summed E-state index contributed by atoms with van der Waals surface area (Å²) < 4.78 is 5.63. The van der Waals surface area contributed by atoms with E-state index in [-0.39, 0.29) is 0 Å². The Bertz CT molecular complexity index is 390. The van der Waals surface area contributed by atoms with E-state index in [9.17, 15) is 0 Å². The smallest absolute Gasteiger partial charge is 0.122 e. The summed E-state index contributed by atoms with van der Waals surface area (Å²) in [6.45, 7) is 7.06. The van der Waals surface area contributed by atoms with Crippen molar-refractivity contribution in [3.63, 3.8) is 0 Å². The third kappa shape index (κ3) is 4.11. The molecule has 0 aromatic heterocycles. The molecule has 0 bridgehead atoms. The van der Waals surface area contributed by atoms with Crippen molar-refractivity contribution in [2.75, 3.05) is 6.61 Å². The van der Waals surface area contributed by atoms with Crippen LogP contribution in [0.3, 0.4) is 0 Å². The maximum Gasteiger partial charge on any atom is 0.122 e. The third-order valence-electron chi connectivity index (χ3n) is 2.75. The lowest BCUT2D eigenvalue weighted by atomic mass is 9.97. The molecule has 2 nitrogen and oxygen atoms in total. The molecule has 0 spiro atoms. The molecule has 1 aromatic carbocycles. The van der Waals surface area contributed by atoms with Crippen LogP contribution in [-0.2, 0) is 6.42 Å². The molecule has 0 heterocycles. The number of ether oxygens (including phenoxy) is 1. The highest BCUT2D eigenvalue weighted by Gasteiger charge is 2.08. The first-order valence-electron chi connectivity index (χ1n) is 6.31. The summed E-state index contributed by atoms with van der Waals surface area (Å²) in [4.78, 5) is 0. The van der Waals surface area contributed by atoms with Gasteiger partial charge in [-0.1, -0.05) is 26.0 Å². The van der Waals surface area contributed by atoms with Crippen LogP contribution in [0.1, 0.15) is 50.7 Å². The lowest BCUT2D eigenvalue weighted by molar-refractivity contribution is 0.335. The maximum atomic E-state index is 8.53. The van der Waals surface area contributed by atoms with Crippen molar-refractivity contribution in [2.45, 2.75) is 46.0 Å². The standard InChI is InChI=1S/C15H21NO/c1-4-17-15-9-8-13(7-5-6-10-16)11-14(15)12(2)3/h8-9,11-12H,4-7H2,1-3H3. The Morgan fingerprint density at radius 2 is 2.12 bits per heavy atom. The lowest BCUT2D eigenvalue weighted by Gasteiger charge is -2.14. The number of nitriles is 1.